The molecule has 0 aliphatic heterocycles. The molecule has 2 rings (SSSR count). The van der Waals surface area contributed by atoms with Gasteiger partial charge in [0.25, 0.3) is 0 Å². The van der Waals surface area contributed by atoms with Gasteiger partial charge in [0.15, 0.2) is 0 Å². The van der Waals surface area contributed by atoms with Gasteiger partial charge in [-0.15, -0.1) is 0 Å². The van der Waals surface area contributed by atoms with E-state index in [0.717, 1.165) is 17.8 Å². The number of halogens is 1. The monoisotopic (exact) mass is 402 g/mol. The van der Waals surface area contributed by atoms with Gasteiger partial charge in [0.05, 0.1) is 10.5 Å². The van der Waals surface area contributed by atoms with Crippen molar-refractivity contribution in [2.24, 2.45) is 0 Å². The molecule has 0 bridgehead atoms. The molecule has 0 saturated carbocycles. The average Bonchev–Trinajstić information content (AvgIpc) is 2.64. The zero-order chi connectivity index (χ0) is 20.0. The summed E-state index contributed by atoms with van der Waals surface area (Å²) in [4.78, 5) is 35.9. The van der Waals surface area contributed by atoms with Crippen LogP contribution in [0.3, 0.4) is 0 Å². The number of benzene rings is 2. The molecule has 4 nitrogen and oxygen atoms in total. The highest BCUT2D eigenvalue weighted by molar-refractivity contribution is 8.14. The van der Waals surface area contributed by atoms with Crippen LogP contribution in [0, 0.1) is 5.82 Å². The van der Waals surface area contributed by atoms with E-state index >= 15 is 0 Å². The standard InChI is InChI=1S/C20H15FO4S2/c1-4-18(22)26-15-8-6-14(7-9-15)25-19(23)13-5-10-17(16(21)11-13)27-20(24)12(2)3/h4-11H,1-2H2,3H3. The van der Waals surface area contributed by atoms with Gasteiger partial charge in [-0.2, -0.15) is 0 Å². The number of thioether (sulfide) groups is 2. The van der Waals surface area contributed by atoms with Crippen LogP contribution in [0.1, 0.15) is 17.3 Å². The summed E-state index contributed by atoms with van der Waals surface area (Å²) in [5, 5.41) is -0.546. The average molecular weight is 402 g/mol. The fraction of sp³-hybridized carbons (Fsp3) is 0.0500. The molecule has 0 aliphatic carbocycles. The van der Waals surface area contributed by atoms with Gasteiger partial charge in [-0.3, -0.25) is 9.59 Å². The highest BCUT2D eigenvalue weighted by Crippen LogP contribution is 2.26. The van der Waals surface area contributed by atoms with Crippen LogP contribution in [-0.2, 0) is 9.59 Å². The second kappa shape index (κ2) is 9.34. The largest absolute Gasteiger partial charge is 0.423 e. The van der Waals surface area contributed by atoms with Crippen LogP contribution in [0.15, 0.2) is 77.1 Å². The Morgan fingerprint density at radius 1 is 1.07 bits per heavy atom. The van der Waals surface area contributed by atoms with Crippen molar-refractivity contribution in [3.8, 4) is 5.75 Å². The predicted octanol–water partition coefficient (Wildman–Crippen LogP) is 5.04. The summed E-state index contributed by atoms with van der Waals surface area (Å²) in [5.41, 5.74) is 0.319. The van der Waals surface area contributed by atoms with Crippen molar-refractivity contribution in [2.75, 3.05) is 0 Å². The molecule has 0 saturated heterocycles. The molecular weight excluding hydrogens is 387 g/mol. The van der Waals surface area contributed by atoms with Crippen LogP contribution in [0.4, 0.5) is 4.39 Å². The van der Waals surface area contributed by atoms with Crippen molar-refractivity contribution >= 4 is 39.7 Å². The first-order valence-corrected chi connectivity index (χ1v) is 9.27. The van der Waals surface area contributed by atoms with E-state index in [2.05, 4.69) is 13.2 Å². The molecule has 138 valence electrons. The van der Waals surface area contributed by atoms with E-state index in [9.17, 15) is 18.8 Å². The Morgan fingerprint density at radius 3 is 2.30 bits per heavy atom. The van der Waals surface area contributed by atoms with Crippen molar-refractivity contribution < 1.29 is 23.5 Å². The molecule has 27 heavy (non-hydrogen) atoms. The van der Waals surface area contributed by atoms with Gasteiger partial charge >= 0.3 is 5.97 Å². The van der Waals surface area contributed by atoms with Crippen LogP contribution in [0.25, 0.3) is 0 Å². The molecule has 0 unspecified atom stereocenters. The first kappa shape index (κ1) is 20.7. The SMILES string of the molecule is C=CC(=O)Sc1ccc(OC(=O)c2ccc(SC(=O)C(=C)C)c(F)c2)cc1. The lowest BCUT2D eigenvalue weighted by Gasteiger charge is -2.07. The molecular formula is C20H15FO4S2. The van der Waals surface area contributed by atoms with Gasteiger partial charge < -0.3 is 4.74 Å². The minimum absolute atomic E-state index is 0.0138. The summed E-state index contributed by atoms with van der Waals surface area (Å²) in [5.74, 6) is -1.18. The van der Waals surface area contributed by atoms with Crippen LogP contribution in [0.5, 0.6) is 5.75 Å². The minimum atomic E-state index is -0.737. The summed E-state index contributed by atoms with van der Waals surface area (Å²) >= 11 is 1.70. The summed E-state index contributed by atoms with van der Waals surface area (Å²) < 4.78 is 19.3. The van der Waals surface area contributed by atoms with Gasteiger partial charge in [0.2, 0.25) is 10.2 Å². The van der Waals surface area contributed by atoms with Gasteiger partial charge in [0, 0.05) is 4.90 Å². The minimum Gasteiger partial charge on any atom is -0.423 e. The van der Waals surface area contributed by atoms with E-state index in [4.69, 9.17) is 4.74 Å². The fourth-order valence-corrected chi connectivity index (χ4v) is 3.05. The quantitative estimate of drug-likeness (QED) is 0.292. The van der Waals surface area contributed by atoms with E-state index in [1.165, 1.54) is 37.3 Å². The molecule has 7 heteroatoms. The maximum absolute atomic E-state index is 14.1. The number of hydrogen-bond donors (Lipinski definition) is 0. The van der Waals surface area contributed by atoms with Crippen LogP contribution in [-0.4, -0.2) is 16.2 Å². The summed E-state index contributed by atoms with van der Waals surface area (Å²) in [6.07, 6.45) is 1.21. The molecule has 0 fully saturated rings. The van der Waals surface area contributed by atoms with Gasteiger partial charge in [0.1, 0.15) is 11.6 Å². The number of carbonyl (C=O) groups excluding carboxylic acids is 3. The van der Waals surface area contributed by atoms with Crippen molar-refractivity contribution in [1.82, 2.24) is 0 Å². The summed E-state index contributed by atoms with van der Waals surface area (Å²) in [6.45, 7) is 8.44. The van der Waals surface area contributed by atoms with Crippen LogP contribution < -0.4 is 4.74 Å². The summed E-state index contributed by atoms with van der Waals surface area (Å²) in [6, 6.07) is 10.1. The number of rotatable bonds is 6. The topological polar surface area (TPSA) is 60.4 Å². The van der Waals surface area contributed by atoms with E-state index in [1.807, 2.05) is 0 Å². The first-order valence-electron chi connectivity index (χ1n) is 7.64. The molecule has 0 radical (unpaired) electrons. The third-order valence-corrected chi connectivity index (χ3v) is 5.10. The second-order valence-corrected chi connectivity index (χ2v) is 7.39. The van der Waals surface area contributed by atoms with Gasteiger partial charge in [-0.1, -0.05) is 13.2 Å². The van der Waals surface area contributed by atoms with Gasteiger partial charge in [-0.05, 0) is 84.6 Å². The molecule has 0 aliphatic rings. The molecule has 0 atom stereocenters. The Labute approximate surface area is 164 Å². The van der Waals surface area contributed by atoms with Gasteiger partial charge in [-0.25, -0.2) is 9.18 Å². The number of hydrogen-bond acceptors (Lipinski definition) is 6. The maximum Gasteiger partial charge on any atom is 0.343 e. The van der Waals surface area contributed by atoms with E-state index in [0.29, 0.717) is 22.2 Å². The second-order valence-electron chi connectivity index (χ2n) is 5.30. The summed E-state index contributed by atoms with van der Waals surface area (Å²) in [7, 11) is 0. The molecule has 2 aromatic carbocycles. The third kappa shape index (κ3) is 5.94. The maximum atomic E-state index is 14.1. The highest BCUT2D eigenvalue weighted by atomic mass is 32.2. The van der Waals surface area contributed by atoms with Crippen molar-refractivity contribution in [3.63, 3.8) is 0 Å². The van der Waals surface area contributed by atoms with E-state index in [1.54, 1.807) is 12.1 Å². The Kier molecular flexibility index (Phi) is 7.15. The van der Waals surface area contributed by atoms with E-state index < -0.39 is 11.8 Å². The Bertz CT molecular complexity index is 920. The molecule has 0 spiro atoms. The number of carbonyl (C=O) groups is 3. The number of esters is 1. The lowest BCUT2D eigenvalue weighted by Crippen LogP contribution is -2.09. The number of ether oxygens (including phenoxy) is 1. The molecule has 0 aromatic heterocycles. The fourth-order valence-electron chi connectivity index (χ4n) is 1.80. The van der Waals surface area contributed by atoms with Crippen molar-refractivity contribution in [2.45, 2.75) is 16.7 Å². The van der Waals surface area contributed by atoms with Crippen molar-refractivity contribution in [1.29, 1.82) is 0 Å². The first-order chi connectivity index (χ1) is 12.8. The lowest BCUT2D eigenvalue weighted by atomic mass is 10.2. The Hall–Kier alpha value is -2.64. The normalized spacial score (nSPS) is 10.1. The molecule has 0 heterocycles. The van der Waals surface area contributed by atoms with Crippen LogP contribution in [0.2, 0.25) is 0 Å². The van der Waals surface area contributed by atoms with E-state index in [-0.39, 0.29) is 26.4 Å². The Morgan fingerprint density at radius 2 is 1.74 bits per heavy atom. The molecule has 2 aromatic rings. The van der Waals surface area contributed by atoms with Crippen LogP contribution >= 0.6 is 23.5 Å². The smallest absolute Gasteiger partial charge is 0.343 e. The third-order valence-electron chi connectivity index (χ3n) is 3.14. The zero-order valence-corrected chi connectivity index (χ0v) is 16.0. The highest BCUT2D eigenvalue weighted by Gasteiger charge is 2.15. The molecule has 0 amide bonds. The predicted molar refractivity (Wildman–Crippen MR) is 105 cm³/mol. The lowest BCUT2D eigenvalue weighted by molar-refractivity contribution is -0.108. The zero-order valence-electron chi connectivity index (χ0n) is 14.4. The van der Waals surface area contributed by atoms with Crippen molar-refractivity contribution in [3.05, 3.63) is 78.7 Å². The molecule has 0 N–H and O–H groups in total. The Balaban J connectivity index is 2.06.